The van der Waals surface area contributed by atoms with Gasteiger partial charge in [0.2, 0.25) is 11.8 Å². The molecule has 0 saturated heterocycles. The first-order chi connectivity index (χ1) is 18.9. The number of carbonyl (C=O) groups excluding carboxylic acids is 2. The fraction of sp³-hybridized carbons (Fsp3) is 0.355. The largest absolute Gasteiger partial charge is 0.497 e. The number of ether oxygens (including phenoxy) is 1. The van der Waals surface area contributed by atoms with Crippen LogP contribution in [0, 0.1) is 19.8 Å². The first kappa shape index (κ1) is 30.7. The molecular formula is C31H39N3O5S. The van der Waals surface area contributed by atoms with Gasteiger partial charge in [-0.2, -0.15) is 0 Å². The number of nitrogens with one attached hydrogen (secondary N) is 1. The lowest BCUT2D eigenvalue weighted by atomic mass is 10.1. The highest BCUT2D eigenvalue weighted by molar-refractivity contribution is 7.92. The SMILES string of the molecule is COc1ccc(CN(C(=O)CN(c2cc(C)cc(C)c2)S(=O)(=O)c2ccccc2)C(C)C(=O)NCC(C)C)cc1. The number of carbonyl (C=O) groups is 2. The zero-order chi connectivity index (χ0) is 29.4. The average molecular weight is 566 g/mol. The van der Waals surface area contributed by atoms with Gasteiger partial charge in [-0.1, -0.05) is 50.2 Å². The van der Waals surface area contributed by atoms with Crippen molar-refractivity contribution in [2.75, 3.05) is 24.5 Å². The normalized spacial score (nSPS) is 12.1. The molecule has 1 atom stereocenters. The zero-order valence-corrected chi connectivity index (χ0v) is 24.9. The summed E-state index contributed by atoms with van der Waals surface area (Å²) in [4.78, 5) is 28.6. The molecule has 0 aliphatic rings. The first-order valence-corrected chi connectivity index (χ1v) is 14.7. The van der Waals surface area contributed by atoms with Gasteiger partial charge < -0.3 is 15.0 Å². The third-order valence-electron chi connectivity index (χ3n) is 6.47. The van der Waals surface area contributed by atoms with Crippen molar-refractivity contribution in [2.24, 2.45) is 5.92 Å². The Morgan fingerprint density at radius 1 is 0.900 bits per heavy atom. The van der Waals surface area contributed by atoms with Crippen molar-refractivity contribution in [1.29, 1.82) is 0 Å². The van der Waals surface area contributed by atoms with Crippen molar-refractivity contribution < 1.29 is 22.7 Å². The van der Waals surface area contributed by atoms with E-state index in [1.54, 1.807) is 56.5 Å². The van der Waals surface area contributed by atoms with Crippen LogP contribution >= 0.6 is 0 Å². The molecule has 0 bridgehead atoms. The molecule has 3 aromatic rings. The summed E-state index contributed by atoms with van der Waals surface area (Å²) in [6.07, 6.45) is 0. The number of benzene rings is 3. The van der Waals surface area contributed by atoms with Crippen LogP contribution in [0.15, 0.2) is 77.7 Å². The van der Waals surface area contributed by atoms with Gasteiger partial charge in [0.1, 0.15) is 18.3 Å². The Balaban J connectivity index is 2.02. The summed E-state index contributed by atoms with van der Waals surface area (Å²) in [5.74, 6) is 0.0957. The minimum absolute atomic E-state index is 0.0754. The summed E-state index contributed by atoms with van der Waals surface area (Å²) < 4.78 is 34.1. The molecule has 40 heavy (non-hydrogen) atoms. The van der Waals surface area contributed by atoms with Crippen molar-refractivity contribution in [3.63, 3.8) is 0 Å². The molecule has 0 aromatic heterocycles. The fourth-order valence-corrected chi connectivity index (χ4v) is 5.72. The van der Waals surface area contributed by atoms with Gasteiger partial charge in [0.05, 0.1) is 17.7 Å². The average Bonchev–Trinajstić information content (AvgIpc) is 2.92. The molecule has 9 heteroatoms. The molecule has 1 unspecified atom stereocenters. The van der Waals surface area contributed by atoms with Crippen LogP contribution in [-0.2, 0) is 26.2 Å². The number of amides is 2. The van der Waals surface area contributed by atoms with E-state index in [1.807, 2.05) is 45.9 Å². The van der Waals surface area contributed by atoms with Crippen molar-refractivity contribution >= 4 is 27.5 Å². The number of sulfonamides is 1. The number of rotatable bonds is 12. The molecule has 1 N–H and O–H groups in total. The summed E-state index contributed by atoms with van der Waals surface area (Å²) in [6.45, 7) is 9.49. The van der Waals surface area contributed by atoms with Crippen LogP contribution in [0.3, 0.4) is 0 Å². The number of hydrogen-bond donors (Lipinski definition) is 1. The maximum absolute atomic E-state index is 14.0. The molecule has 214 valence electrons. The maximum atomic E-state index is 14.0. The van der Waals surface area contributed by atoms with E-state index in [0.29, 0.717) is 18.0 Å². The number of hydrogen-bond acceptors (Lipinski definition) is 5. The van der Waals surface area contributed by atoms with Crippen molar-refractivity contribution in [1.82, 2.24) is 10.2 Å². The first-order valence-electron chi connectivity index (χ1n) is 13.3. The van der Waals surface area contributed by atoms with E-state index >= 15 is 0 Å². The second kappa shape index (κ2) is 13.5. The molecule has 0 saturated carbocycles. The van der Waals surface area contributed by atoms with Crippen LogP contribution < -0.4 is 14.4 Å². The number of aryl methyl sites for hydroxylation is 2. The Labute approximate surface area is 238 Å². The molecule has 2 amide bonds. The van der Waals surface area contributed by atoms with Gasteiger partial charge in [0, 0.05) is 13.1 Å². The van der Waals surface area contributed by atoms with Crippen LogP contribution in [0.25, 0.3) is 0 Å². The van der Waals surface area contributed by atoms with E-state index in [9.17, 15) is 18.0 Å². The molecule has 0 spiro atoms. The van der Waals surface area contributed by atoms with Gasteiger partial charge in [0.25, 0.3) is 10.0 Å². The number of nitrogens with zero attached hydrogens (tertiary/aromatic N) is 2. The second-order valence-electron chi connectivity index (χ2n) is 10.4. The Morgan fingerprint density at radius 3 is 2.05 bits per heavy atom. The Bertz CT molecular complexity index is 1390. The lowest BCUT2D eigenvalue weighted by Crippen LogP contribution is -2.51. The Morgan fingerprint density at radius 2 is 1.50 bits per heavy atom. The van der Waals surface area contributed by atoms with Crippen LogP contribution in [0.5, 0.6) is 5.75 Å². The third-order valence-corrected chi connectivity index (χ3v) is 8.26. The second-order valence-corrected chi connectivity index (χ2v) is 12.2. The molecule has 3 rings (SSSR count). The third kappa shape index (κ3) is 7.85. The highest BCUT2D eigenvalue weighted by Gasteiger charge is 2.32. The van der Waals surface area contributed by atoms with Gasteiger partial charge in [-0.25, -0.2) is 8.42 Å². The van der Waals surface area contributed by atoms with Crippen molar-refractivity contribution in [2.45, 2.75) is 52.1 Å². The van der Waals surface area contributed by atoms with E-state index in [2.05, 4.69) is 5.32 Å². The van der Waals surface area contributed by atoms with E-state index in [4.69, 9.17) is 4.74 Å². The van der Waals surface area contributed by atoms with E-state index in [-0.39, 0.29) is 23.3 Å². The molecule has 0 heterocycles. The van der Waals surface area contributed by atoms with Crippen molar-refractivity contribution in [3.8, 4) is 5.75 Å². The zero-order valence-electron chi connectivity index (χ0n) is 24.0. The minimum Gasteiger partial charge on any atom is -0.497 e. The van der Waals surface area contributed by atoms with Gasteiger partial charge >= 0.3 is 0 Å². The van der Waals surface area contributed by atoms with Crippen LogP contribution in [0.1, 0.15) is 37.5 Å². The predicted molar refractivity (Wildman–Crippen MR) is 158 cm³/mol. The molecule has 8 nitrogen and oxygen atoms in total. The fourth-order valence-electron chi connectivity index (χ4n) is 4.31. The summed E-state index contributed by atoms with van der Waals surface area (Å²) in [5.41, 5.74) is 2.90. The minimum atomic E-state index is -4.10. The van der Waals surface area contributed by atoms with Crippen LogP contribution in [0.2, 0.25) is 0 Å². The molecule has 0 aliphatic heterocycles. The van der Waals surface area contributed by atoms with Gasteiger partial charge in [-0.05, 0) is 79.8 Å². The summed E-state index contributed by atoms with van der Waals surface area (Å²) >= 11 is 0. The topological polar surface area (TPSA) is 96.0 Å². The summed E-state index contributed by atoms with van der Waals surface area (Å²) in [7, 11) is -2.53. The summed E-state index contributed by atoms with van der Waals surface area (Å²) in [6, 6.07) is 19.8. The molecule has 0 radical (unpaired) electrons. The molecular weight excluding hydrogens is 526 g/mol. The van der Waals surface area contributed by atoms with E-state index < -0.39 is 28.5 Å². The smallest absolute Gasteiger partial charge is 0.264 e. The highest BCUT2D eigenvalue weighted by atomic mass is 32.2. The van der Waals surface area contributed by atoms with Crippen molar-refractivity contribution in [3.05, 3.63) is 89.5 Å². The maximum Gasteiger partial charge on any atom is 0.264 e. The molecule has 0 fully saturated rings. The highest BCUT2D eigenvalue weighted by Crippen LogP contribution is 2.27. The van der Waals surface area contributed by atoms with Gasteiger partial charge in [-0.15, -0.1) is 0 Å². The Hall–Kier alpha value is -3.85. The monoisotopic (exact) mass is 565 g/mol. The quantitative estimate of drug-likeness (QED) is 0.344. The Kier molecular flexibility index (Phi) is 10.3. The van der Waals surface area contributed by atoms with E-state index in [1.165, 1.54) is 17.0 Å². The lowest BCUT2D eigenvalue weighted by Gasteiger charge is -2.32. The molecule has 0 aliphatic carbocycles. The van der Waals surface area contributed by atoms with Gasteiger partial charge in [0.15, 0.2) is 0 Å². The van der Waals surface area contributed by atoms with E-state index in [0.717, 1.165) is 21.0 Å². The standard InChI is InChI=1S/C31H39N3O5S/c1-22(2)19-32-31(36)25(5)33(20-26-12-14-28(39-6)15-13-26)30(35)21-34(27-17-23(3)16-24(4)18-27)40(37,38)29-10-8-7-9-11-29/h7-18,22,25H,19-21H2,1-6H3,(H,32,36). The van der Waals surface area contributed by atoms with Gasteiger partial charge in [-0.3, -0.25) is 13.9 Å². The number of anilines is 1. The van der Waals surface area contributed by atoms with Crippen LogP contribution in [-0.4, -0.2) is 51.4 Å². The number of methoxy groups -OCH3 is 1. The molecule has 3 aromatic carbocycles. The predicted octanol–water partition coefficient (Wildman–Crippen LogP) is 4.70. The summed E-state index contributed by atoms with van der Waals surface area (Å²) in [5, 5.41) is 2.89. The van der Waals surface area contributed by atoms with Crippen LogP contribution in [0.4, 0.5) is 5.69 Å². The lowest BCUT2D eigenvalue weighted by molar-refractivity contribution is -0.139.